The van der Waals surface area contributed by atoms with Crippen LogP contribution in [0.4, 0.5) is 0 Å². The van der Waals surface area contributed by atoms with E-state index in [0.717, 1.165) is 29.8 Å². The summed E-state index contributed by atoms with van der Waals surface area (Å²) < 4.78 is 11.1. The third kappa shape index (κ3) is 4.01. The molecule has 2 aromatic heterocycles. The highest BCUT2D eigenvalue weighted by Gasteiger charge is 2.38. The zero-order valence-corrected chi connectivity index (χ0v) is 14.6. The zero-order chi connectivity index (χ0) is 16.8. The van der Waals surface area contributed by atoms with Gasteiger partial charge >= 0.3 is 0 Å². The highest BCUT2D eigenvalue weighted by atomic mass is 32.1. The number of nitrogens with zero attached hydrogens (tertiary/aromatic N) is 2. The fourth-order valence-electron chi connectivity index (χ4n) is 3.10. The topological polar surface area (TPSA) is 51.7 Å². The first kappa shape index (κ1) is 17.1. The van der Waals surface area contributed by atoms with Crippen molar-refractivity contribution < 1.29 is 14.3 Å². The van der Waals surface area contributed by atoms with Gasteiger partial charge in [0.2, 0.25) is 0 Å². The Labute approximate surface area is 146 Å². The van der Waals surface area contributed by atoms with Gasteiger partial charge in [-0.05, 0) is 35.9 Å². The number of rotatable bonds is 7. The number of carbonyl (C=O) groups excluding carboxylic acids is 1. The van der Waals surface area contributed by atoms with Gasteiger partial charge in [-0.25, -0.2) is 0 Å². The smallest absolute Gasteiger partial charge is 0.264 e. The maximum Gasteiger partial charge on any atom is 0.264 e. The van der Waals surface area contributed by atoms with Gasteiger partial charge in [0.05, 0.1) is 30.2 Å². The summed E-state index contributed by atoms with van der Waals surface area (Å²) in [5, 5.41) is 1.94. The zero-order valence-electron chi connectivity index (χ0n) is 13.8. The fraction of sp³-hybridized carbons (Fsp3) is 0.444. The van der Waals surface area contributed by atoms with Crippen LogP contribution in [0.1, 0.15) is 21.7 Å². The van der Waals surface area contributed by atoms with Crippen molar-refractivity contribution in [3.8, 4) is 0 Å². The second-order valence-electron chi connectivity index (χ2n) is 5.80. The summed E-state index contributed by atoms with van der Waals surface area (Å²) >= 11 is 1.48. The Morgan fingerprint density at radius 3 is 3.00 bits per heavy atom. The van der Waals surface area contributed by atoms with E-state index in [2.05, 4.69) is 4.98 Å². The average molecular weight is 346 g/mol. The molecule has 6 heteroatoms. The summed E-state index contributed by atoms with van der Waals surface area (Å²) in [6.07, 6.45) is 5.26. The number of carbonyl (C=O) groups is 1. The molecule has 0 aromatic carbocycles. The van der Waals surface area contributed by atoms with Crippen molar-refractivity contribution in [3.05, 3.63) is 52.5 Å². The van der Waals surface area contributed by atoms with Gasteiger partial charge in [0.1, 0.15) is 0 Å². The molecule has 3 rings (SSSR count). The van der Waals surface area contributed by atoms with Crippen LogP contribution in [-0.4, -0.2) is 54.8 Å². The van der Waals surface area contributed by atoms with Crippen molar-refractivity contribution >= 4 is 17.2 Å². The summed E-state index contributed by atoms with van der Waals surface area (Å²) in [6, 6.07) is 7.80. The van der Waals surface area contributed by atoms with Crippen molar-refractivity contribution in [3.63, 3.8) is 0 Å². The third-order valence-electron chi connectivity index (χ3n) is 4.26. The van der Waals surface area contributed by atoms with Crippen LogP contribution in [-0.2, 0) is 15.9 Å². The summed E-state index contributed by atoms with van der Waals surface area (Å²) in [5.41, 5.74) is 1.12. The van der Waals surface area contributed by atoms with E-state index in [-0.39, 0.29) is 18.1 Å². The lowest BCUT2D eigenvalue weighted by Crippen LogP contribution is -2.42. The number of pyridine rings is 1. The molecule has 0 N–H and O–H groups in total. The van der Waals surface area contributed by atoms with Crippen LogP contribution < -0.4 is 0 Å². The molecule has 0 bridgehead atoms. The first-order valence-corrected chi connectivity index (χ1v) is 9.01. The quantitative estimate of drug-likeness (QED) is 0.723. The van der Waals surface area contributed by atoms with E-state index in [1.54, 1.807) is 13.3 Å². The highest BCUT2D eigenvalue weighted by molar-refractivity contribution is 7.12. The molecule has 1 aliphatic rings. The predicted molar refractivity (Wildman–Crippen MR) is 93.3 cm³/mol. The van der Waals surface area contributed by atoms with Gasteiger partial charge < -0.3 is 14.4 Å². The molecule has 2 atom stereocenters. The van der Waals surface area contributed by atoms with E-state index < -0.39 is 0 Å². The molecule has 128 valence electrons. The Hall–Kier alpha value is -1.76. The lowest BCUT2D eigenvalue weighted by Gasteiger charge is -2.28. The second kappa shape index (κ2) is 8.37. The highest BCUT2D eigenvalue weighted by Crippen LogP contribution is 2.27. The largest absolute Gasteiger partial charge is 0.382 e. The third-order valence-corrected chi connectivity index (χ3v) is 5.12. The molecule has 1 fully saturated rings. The minimum atomic E-state index is 0.0284. The molecular formula is C18H22N2O3S. The Balaban J connectivity index is 1.75. The molecule has 0 radical (unpaired) electrons. The number of hydrogen-bond donors (Lipinski definition) is 0. The van der Waals surface area contributed by atoms with Crippen LogP contribution in [0.3, 0.4) is 0 Å². The Morgan fingerprint density at radius 1 is 1.38 bits per heavy atom. The molecule has 0 aliphatic carbocycles. The molecule has 24 heavy (non-hydrogen) atoms. The fourth-order valence-corrected chi connectivity index (χ4v) is 3.78. The summed E-state index contributed by atoms with van der Waals surface area (Å²) in [7, 11) is 1.66. The van der Waals surface area contributed by atoms with Gasteiger partial charge in [0, 0.05) is 26.0 Å². The molecule has 3 heterocycles. The number of amides is 1. The van der Waals surface area contributed by atoms with E-state index in [0.29, 0.717) is 13.2 Å². The van der Waals surface area contributed by atoms with Gasteiger partial charge in [0.15, 0.2) is 0 Å². The minimum absolute atomic E-state index is 0.0284. The number of aromatic nitrogens is 1. The van der Waals surface area contributed by atoms with Crippen LogP contribution in [0.2, 0.25) is 0 Å². The maximum absolute atomic E-state index is 12.8. The van der Waals surface area contributed by atoms with E-state index >= 15 is 0 Å². The Bertz CT molecular complexity index is 633. The van der Waals surface area contributed by atoms with Gasteiger partial charge in [-0.2, -0.15) is 0 Å². The van der Waals surface area contributed by atoms with Crippen LogP contribution in [0.25, 0.3) is 0 Å². The molecule has 0 saturated carbocycles. The van der Waals surface area contributed by atoms with E-state index in [4.69, 9.17) is 9.47 Å². The van der Waals surface area contributed by atoms with Crippen LogP contribution in [0.15, 0.2) is 42.0 Å². The van der Waals surface area contributed by atoms with Crippen molar-refractivity contribution in [2.45, 2.75) is 25.0 Å². The minimum Gasteiger partial charge on any atom is -0.382 e. The average Bonchev–Trinajstić information content (AvgIpc) is 3.26. The molecule has 2 aromatic rings. The van der Waals surface area contributed by atoms with Crippen LogP contribution >= 0.6 is 11.3 Å². The Kier molecular flexibility index (Phi) is 5.96. The molecule has 5 nitrogen and oxygen atoms in total. The van der Waals surface area contributed by atoms with E-state index in [1.165, 1.54) is 11.3 Å². The lowest BCUT2D eigenvalue weighted by molar-refractivity contribution is 0.000547. The van der Waals surface area contributed by atoms with E-state index in [9.17, 15) is 4.79 Å². The number of thiophene rings is 1. The lowest BCUT2D eigenvalue weighted by atomic mass is 10.0. The molecule has 0 spiro atoms. The second-order valence-corrected chi connectivity index (χ2v) is 6.75. The molecule has 1 amide bonds. The molecule has 0 unspecified atom stereocenters. The first-order valence-electron chi connectivity index (χ1n) is 8.13. The van der Waals surface area contributed by atoms with Gasteiger partial charge in [-0.15, -0.1) is 11.3 Å². The first-order chi connectivity index (χ1) is 11.8. The standard InChI is InChI=1S/C18H22N2O3S/c1-22-9-10-23-16-6-8-20(18(21)17-5-3-11-24-17)15(16)12-14-4-2-7-19-13-14/h2-5,7,11,13,15-16H,6,8-10,12H2,1H3/t15-,16-/m1/s1. The van der Waals surface area contributed by atoms with Gasteiger partial charge in [-0.1, -0.05) is 12.1 Å². The summed E-state index contributed by atoms with van der Waals surface area (Å²) in [5.74, 6) is 0.0942. The maximum atomic E-state index is 12.8. The number of hydrogen-bond acceptors (Lipinski definition) is 5. The Morgan fingerprint density at radius 2 is 2.29 bits per heavy atom. The molecule has 1 saturated heterocycles. The number of methoxy groups -OCH3 is 1. The normalized spacial score (nSPS) is 20.5. The summed E-state index contributed by atoms with van der Waals surface area (Å²) in [6.45, 7) is 1.83. The molecular weight excluding hydrogens is 324 g/mol. The number of likely N-dealkylation sites (tertiary alicyclic amines) is 1. The number of ether oxygens (including phenoxy) is 2. The monoisotopic (exact) mass is 346 g/mol. The van der Waals surface area contributed by atoms with Gasteiger partial charge in [0.25, 0.3) is 5.91 Å². The summed E-state index contributed by atoms with van der Waals surface area (Å²) in [4.78, 5) is 19.7. The van der Waals surface area contributed by atoms with Crippen molar-refractivity contribution in [2.75, 3.05) is 26.9 Å². The van der Waals surface area contributed by atoms with E-state index in [1.807, 2.05) is 40.7 Å². The van der Waals surface area contributed by atoms with Crippen molar-refractivity contribution in [2.24, 2.45) is 0 Å². The van der Waals surface area contributed by atoms with Crippen molar-refractivity contribution in [1.29, 1.82) is 0 Å². The SMILES string of the molecule is COCCO[C@@H]1CCN(C(=O)c2cccs2)[C@@H]1Cc1cccnc1. The van der Waals surface area contributed by atoms with Crippen LogP contribution in [0.5, 0.6) is 0 Å². The van der Waals surface area contributed by atoms with Crippen molar-refractivity contribution in [1.82, 2.24) is 9.88 Å². The molecule has 1 aliphatic heterocycles. The van der Waals surface area contributed by atoms with Gasteiger partial charge in [-0.3, -0.25) is 9.78 Å². The predicted octanol–water partition coefficient (Wildman–Crippen LogP) is 2.63. The van der Waals surface area contributed by atoms with Crippen LogP contribution in [0, 0.1) is 0 Å².